The van der Waals surface area contributed by atoms with E-state index in [-0.39, 0.29) is 6.04 Å². The van der Waals surface area contributed by atoms with Crippen molar-refractivity contribution in [2.75, 3.05) is 38.8 Å². The maximum atomic E-state index is 5.17. The lowest BCUT2D eigenvalue weighted by molar-refractivity contribution is 0.179. The molecule has 1 unspecified atom stereocenters. The summed E-state index contributed by atoms with van der Waals surface area (Å²) in [4.78, 5) is 4.63. The lowest BCUT2D eigenvalue weighted by Gasteiger charge is -2.18. The molecule has 0 spiro atoms. The summed E-state index contributed by atoms with van der Waals surface area (Å²) in [6.45, 7) is 7.23. The second-order valence-corrected chi connectivity index (χ2v) is 6.28. The lowest BCUT2D eigenvalue weighted by Crippen LogP contribution is -2.45. The van der Waals surface area contributed by atoms with Gasteiger partial charge in [0, 0.05) is 39.2 Å². The Morgan fingerprint density at radius 3 is 3.04 bits per heavy atom. The van der Waals surface area contributed by atoms with E-state index in [0.717, 1.165) is 50.0 Å². The molecular weight excluding hydrogens is 312 g/mol. The van der Waals surface area contributed by atoms with Gasteiger partial charge in [-0.05, 0) is 25.4 Å². The third-order valence-electron chi connectivity index (χ3n) is 3.23. The molecule has 7 nitrogen and oxygen atoms in total. The van der Waals surface area contributed by atoms with Crippen LogP contribution in [-0.2, 0) is 17.7 Å². The highest BCUT2D eigenvalue weighted by atomic mass is 32.2. The van der Waals surface area contributed by atoms with Crippen molar-refractivity contribution in [2.45, 2.75) is 39.3 Å². The molecule has 0 aliphatic rings. The standard InChI is InChI=1S/C15H30N6OS/c1-5-14-20-18-12-21(14)9-8-17-15(16-7-6-10-23-4)19-13(2)11-22-3/h12-13H,5-11H2,1-4H3,(H2,16,17,19). The van der Waals surface area contributed by atoms with Gasteiger partial charge in [-0.3, -0.25) is 4.99 Å². The number of nitrogens with one attached hydrogen (secondary N) is 2. The second kappa shape index (κ2) is 12.2. The van der Waals surface area contributed by atoms with Crippen molar-refractivity contribution in [1.29, 1.82) is 0 Å². The van der Waals surface area contributed by atoms with Crippen LogP contribution in [0.2, 0.25) is 0 Å². The molecule has 2 N–H and O–H groups in total. The summed E-state index contributed by atoms with van der Waals surface area (Å²) in [6, 6.07) is 0.216. The molecule has 23 heavy (non-hydrogen) atoms. The first kappa shape index (κ1) is 19.8. The molecule has 0 aliphatic carbocycles. The molecule has 132 valence electrons. The van der Waals surface area contributed by atoms with E-state index in [1.165, 1.54) is 0 Å². The SMILES string of the molecule is CCc1nncn1CCNC(=NCCCSC)NC(C)COC. The van der Waals surface area contributed by atoms with Gasteiger partial charge < -0.3 is 19.9 Å². The predicted octanol–water partition coefficient (Wildman–Crippen LogP) is 1.16. The average Bonchev–Trinajstić information content (AvgIpc) is 2.99. The van der Waals surface area contributed by atoms with E-state index in [9.17, 15) is 0 Å². The smallest absolute Gasteiger partial charge is 0.191 e. The number of methoxy groups -OCH3 is 1. The minimum atomic E-state index is 0.216. The number of hydrogen-bond acceptors (Lipinski definition) is 5. The van der Waals surface area contributed by atoms with Crippen LogP contribution in [-0.4, -0.2) is 65.6 Å². The van der Waals surface area contributed by atoms with Crippen molar-refractivity contribution in [1.82, 2.24) is 25.4 Å². The number of aliphatic imine (C=N–C) groups is 1. The topological polar surface area (TPSA) is 76.4 Å². The molecule has 0 radical (unpaired) electrons. The normalized spacial score (nSPS) is 13.1. The molecule has 0 fully saturated rings. The van der Waals surface area contributed by atoms with Crippen LogP contribution in [0.25, 0.3) is 0 Å². The maximum absolute atomic E-state index is 5.17. The van der Waals surface area contributed by atoms with Gasteiger partial charge in [-0.1, -0.05) is 6.92 Å². The first-order valence-corrected chi connectivity index (χ1v) is 9.50. The van der Waals surface area contributed by atoms with Crippen LogP contribution in [0.15, 0.2) is 11.3 Å². The van der Waals surface area contributed by atoms with Crippen LogP contribution in [0.3, 0.4) is 0 Å². The van der Waals surface area contributed by atoms with Gasteiger partial charge in [0.2, 0.25) is 0 Å². The van der Waals surface area contributed by atoms with E-state index in [2.05, 4.69) is 50.5 Å². The third-order valence-corrected chi connectivity index (χ3v) is 3.93. The molecule has 1 atom stereocenters. The van der Waals surface area contributed by atoms with Crippen molar-refractivity contribution in [3.63, 3.8) is 0 Å². The Bertz CT molecular complexity index is 451. The van der Waals surface area contributed by atoms with Crippen LogP contribution in [0.1, 0.15) is 26.1 Å². The Kier molecular flexibility index (Phi) is 10.5. The zero-order chi connectivity index (χ0) is 16.9. The Morgan fingerprint density at radius 1 is 1.52 bits per heavy atom. The molecule has 1 rings (SSSR count). The fraction of sp³-hybridized carbons (Fsp3) is 0.800. The number of aryl methyl sites for hydroxylation is 1. The summed E-state index contributed by atoms with van der Waals surface area (Å²) >= 11 is 1.85. The van der Waals surface area contributed by atoms with Crippen LogP contribution in [0.5, 0.6) is 0 Å². The highest BCUT2D eigenvalue weighted by Crippen LogP contribution is 1.96. The van der Waals surface area contributed by atoms with Gasteiger partial charge in [0.1, 0.15) is 12.2 Å². The van der Waals surface area contributed by atoms with Gasteiger partial charge >= 0.3 is 0 Å². The number of aromatic nitrogens is 3. The molecule has 0 saturated carbocycles. The Labute approximate surface area is 143 Å². The summed E-state index contributed by atoms with van der Waals surface area (Å²) in [7, 11) is 1.71. The first-order chi connectivity index (χ1) is 11.2. The van der Waals surface area contributed by atoms with Crippen molar-refractivity contribution in [2.24, 2.45) is 4.99 Å². The van der Waals surface area contributed by atoms with E-state index < -0.39 is 0 Å². The fourth-order valence-electron chi connectivity index (χ4n) is 2.11. The van der Waals surface area contributed by atoms with E-state index in [1.807, 2.05) is 11.8 Å². The molecular formula is C15H30N6OS. The zero-order valence-electron chi connectivity index (χ0n) is 14.7. The van der Waals surface area contributed by atoms with Crippen LogP contribution in [0.4, 0.5) is 0 Å². The van der Waals surface area contributed by atoms with E-state index in [4.69, 9.17) is 4.74 Å². The highest BCUT2D eigenvalue weighted by molar-refractivity contribution is 7.98. The fourth-order valence-corrected chi connectivity index (χ4v) is 2.53. The summed E-state index contributed by atoms with van der Waals surface area (Å²) < 4.78 is 7.24. The van der Waals surface area contributed by atoms with Gasteiger partial charge in [-0.15, -0.1) is 10.2 Å². The molecule has 0 aliphatic heterocycles. The Balaban J connectivity index is 2.47. The zero-order valence-corrected chi connectivity index (χ0v) is 15.5. The van der Waals surface area contributed by atoms with Crippen molar-refractivity contribution >= 4 is 17.7 Å². The number of hydrogen-bond donors (Lipinski definition) is 2. The summed E-state index contributed by atoms with van der Waals surface area (Å²) in [5, 5.41) is 14.8. The minimum absolute atomic E-state index is 0.216. The van der Waals surface area contributed by atoms with Gasteiger partial charge in [0.25, 0.3) is 0 Å². The van der Waals surface area contributed by atoms with E-state index in [0.29, 0.717) is 6.61 Å². The summed E-state index contributed by atoms with van der Waals surface area (Å²) in [5.74, 6) is 2.97. The largest absolute Gasteiger partial charge is 0.383 e. The van der Waals surface area contributed by atoms with E-state index in [1.54, 1.807) is 13.4 Å². The molecule has 0 saturated heterocycles. The summed E-state index contributed by atoms with van der Waals surface area (Å²) in [6.07, 6.45) is 5.86. The van der Waals surface area contributed by atoms with E-state index >= 15 is 0 Å². The lowest BCUT2D eigenvalue weighted by atomic mass is 10.4. The molecule has 1 aromatic heterocycles. The minimum Gasteiger partial charge on any atom is -0.383 e. The van der Waals surface area contributed by atoms with Crippen LogP contribution < -0.4 is 10.6 Å². The van der Waals surface area contributed by atoms with Crippen molar-refractivity contribution in [3.05, 3.63) is 12.2 Å². The molecule has 0 aromatic carbocycles. The quantitative estimate of drug-likeness (QED) is 0.357. The van der Waals surface area contributed by atoms with Crippen molar-refractivity contribution in [3.8, 4) is 0 Å². The van der Waals surface area contributed by atoms with Crippen LogP contribution >= 0.6 is 11.8 Å². The summed E-state index contributed by atoms with van der Waals surface area (Å²) in [5.41, 5.74) is 0. The molecule has 0 amide bonds. The molecule has 8 heteroatoms. The monoisotopic (exact) mass is 342 g/mol. The van der Waals surface area contributed by atoms with Crippen molar-refractivity contribution < 1.29 is 4.74 Å². The number of guanidine groups is 1. The second-order valence-electron chi connectivity index (χ2n) is 5.30. The number of nitrogens with zero attached hydrogens (tertiary/aromatic N) is 4. The van der Waals surface area contributed by atoms with Gasteiger partial charge in [-0.25, -0.2) is 0 Å². The maximum Gasteiger partial charge on any atom is 0.191 e. The van der Waals surface area contributed by atoms with Gasteiger partial charge in [0.05, 0.1) is 6.61 Å². The first-order valence-electron chi connectivity index (χ1n) is 8.10. The number of rotatable bonds is 11. The van der Waals surface area contributed by atoms with Crippen LogP contribution in [0, 0.1) is 0 Å². The Hall–Kier alpha value is -1.28. The van der Waals surface area contributed by atoms with Gasteiger partial charge in [0.15, 0.2) is 5.96 Å². The molecule has 1 aromatic rings. The molecule has 1 heterocycles. The Morgan fingerprint density at radius 2 is 2.35 bits per heavy atom. The molecule has 0 bridgehead atoms. The predicted molar refractivity (Wildman–Crippen MR) is 97.2 cm³/mol. The van der Waals surface area contributed by atoms with Gasteiger partial charge in [-0.2, -0.15) is 11.8 Å². The third kappa shape index (κ3) is 8.22. The number of thioether (sulfide) groups is 1. The average molecular weight is 343 g/mol. The highest BCUT2D eigenvalue weighted by Gasteiger charge is 2.06. The number of ether oxygens (including phenoxy) is 1.